The topological polar surface area (TPSA) is 48.0 Å². The normalized spacial score (nSPS) is 10.4. The fourth-order valence-corrected chi connectivity index (χ4v) is 1.42. The van der Waals surface area contributed by atoms with Gasteiger partial charge in [-0.15, -0.1) is 0 Å². The molecule has 2 aromatic rings. The minimum atomic E-state index is -0.0920. The zero-order valence-electron chi connectivity index (χ0n) is 7.18. The van der Waals surface area contributed by atoms with Crippen molar-refractivity contribution in [3.05, 3.63) is 41.0 Å². The monoisotopic (exact) mass is 254 g/mol. The van der Waals surface area contributed by atoms with Crippen LogP contribution < -0.4 is 0 Å². The van der Waals surface area contributed by atoms with Crippen LogP contribution in [0.25, 0.3) is 0 Å². The minimum absolute atomic E-state index is 0.0920. The lowest BCUT2D eigenvalue weighted by molar-refractivity contribution is 0.0940. The molecule has 0 aromatic carbocycles. The molecule has 0 unspecified atom stereocenters. The predicted molar refractivity (Wildman–Crippen MR) is 53.0 cm³/mol. The average Bonchev–Trinajstić information content (AvgIpc) is 2.75. The Bertz CT molecular complexity index is 433. The Morgan fingerprint density at radius 1 is 1.64 bits per heavy atom. The molecular weight excluding hydrogens is 248 g/mol. The van der Waals surface area contributed by atoms with Crippen molar-refractivity contribution < 1.29 is 9.21 Å². The van der Waals surface area contributed by atoms with Gasteiger partial charge in [-0.2, -0.15) is 5.10 Å². The van der Waals surface area contributed by atoms with Crippen LogP contribution in [-0.2, 0) is 6.54 Å². The van der Waals surface area contributed by atoms with Gasteiger partial charge in [-0.1, -0.05) is 0 Å². The lowest BCUT2D eigenvalue weighted by atomic mass is 10.3. The van der Waals surface area contributed by atoms with E-state index in [0.717, 1.165) is 4.47 Å². The van der Waals surface area contributed by atoms with Gasteiger partial charge in [0, 0.05) is 6.20 Å². The van der Waals surface area contributed by atoms with Crippen LogP contribution in [0, 0.1) is 0 Å². The van der Waals surface area contributed by atoms with Gasteiger partial charge in [-0.25, -0.2) is 0 Å². The molecule has 0 bridgehead atoms. The molecule has 2 heterocycles. The summed E-state index contributed by atoms with van der Waals surface area (Å²) in [5.41, 5.74) is 0. The number of carbonyl (C=O) groups excluding carboxylic acids is 1. The Morgan fingerprint density at radius 2 is 2.50 bits per heavy atom. The van der Waals surface area contributed by atoms with Gasteiger partial charge in [0.15, 0.2) is 5.76 Å². The number of halogens is 1. The van der Waals surface area contributed by atoms with E-state index in [4.69, 9.17) is 4.42 Å². The first kappa shape index (κ1) is 9.21. The van der Waals surface area contributed by atoms with Crippen molar-refractivity contribution in [3.8, 4) is 0 Å². The molecule has 0 saturated carbocycles. The van der Waals surface area contributed by atoms with Crippen molar-refractivity contribution in [2.45, 2.75) is 6.54 Å². The number of rotatable bonds is 3. The largest absolute Gasteiger partial charge is 0.461 e. The molecule has 0 N–H and O–H groups in total. The van der Waals surface area contributed by atoms with E-state index in [0.29, 0.717) is 5.76 Å². The van der Waals surface area contributed by atoms with Crippen molar-refractivity contribution in [2.75, 3.05) is 0 Å². The summed E-state index contributed by atoms with van der Waals surface area (Å²) in [4.78, 5) is 11.5. The first-order valence-electron chi connectivity index (χ1n) is 4.00. The number of nitrogens with zero attached hydrogens (tertiary/aromatic N) is 2. The summed E-state index contributed by atoms with van der Waals surface area (Å²) in [6, 6.07) is 3.33. The molecule has 2 rings (SSSR count). The second kappa shape index (κ2) is 3.79. The fourth-order valence-electron chi connectivity index (χ4n) is 1.09. The van der Waals surface area contributed by atoms with Gasteiger partial charge < -0.3 is 4.42 Å². The number of carbonyl (C=O) groups is 1. The maximum Gasteiger partial charge on any atom is 0.219 e. The maximum absolute atomic E-state index is 11.5. The van der Waals surface area contributed by atoms with Crippen molar-refractivity contribution in [1.82, 2.24) is 9.78 Å². The van der Waals surface area contributed by atoms with Crippen LogP contribution in [0.2, 0.25) is 0 Å². The molecule has 0 fully saturated rings. The van der Waals surface area contributed by atoms with Crippen molar-refractivity contribution in [2.24, 2.45) is 0 Å². The number of hydrogen-bond acceptors (Lipinski definition) is 3. The molecule has 14 heavy (non-hydrogen) atoms. The van der Waals surface area contributed by atoms with Crippen LogP contribution in [0.15, 0.2) is 39.7 Å². The van der Waals surface area contributed by atoms with E-state index in [2.05, 4.69) is 21.0 Å². The Hall–Kier alpha value is -1.36. The Kier molecular flexibility index (Phi) is 2.49. The van der Waals surface area contributed by atoms with Gasteiger partial charge in [-0.05, 0) is 28.1 Å². The van der Waals surface area contributed by atoms with Gasteiger partial charge in [-0.3, -0.25) is 9.48 Å². The number of furan rings is 1. The summed E-state index contributed by atoms with van der Waals surface area (Å²) in [6.45, 7) is 0.194. The summed E-state index contributed by atoms with van der Waals surface area (Å²) < 4.78 is 7.37. The third-order valence-corrected chi connectivity index (χ3v) is 2.11. The van der Waals surface area contributed by atoms with Gasteiger partial charge in [0.05, 0.1) is 16.9 Å². The lowest BCUT2D eigenvalue weighted by Crippen LogP contribution is -2.09. The molecule has 0 spiro atoms. The highest BCUT2D eigenvalue weighted by Crippen LogP contribution is 2.08. The van der Waals surface area contributed by atoms with Crippen molar-refractivity contribution in [1.29, 1.82) is 0 Å². The molecule has 0 radical (unpaired) electrons. The van der Waals surface area contributed by atoms with E-state index < -0.39 is 0 Å². The summed E-state index contributed by atoms with van der Waals surface area (Å²) in [6.07, 6.45) is 4.85. The standard InChI is InChI=1S/C9H7BrN2O2/c10-7-4-11-12(5-7)6-8(13)9-2-1-3-14-9/h1-5H,6H2. The molecule has 0 aliphatic carbocycles. The number of hydrogen-bond donors (Lipinski definition) is 0. The molecule has 0 aliphatic rings. The number of aromatic nitrogens is 2. The van der Waals surface area contributed by atoms with E-state index >= 15 is 0 Å². The highest BCUT2D eigenvalue weighted by molar-refractivity contribution is 9.10. The zero-order chi connectivity index (χ0) is 9.97. The van der Waals surface area contributed by atoms with Crippen LogP contribution in [0.1, 0.15) is 10.6 Å². The van der Waals surface area contributed by atoms with E-state index in [9.17, 15) is 4.79 Å². The van der Waals surface area contributed by atoms with Crippen LogP contribution in [-0.4, -0.2) is 15.6 Å². The smallest absolute Gasteiger partial charge is 0.219 e. The molecule has 2 aromatic heterocycles. The van der Waals surface area contributed by atoms with Gasteiger partial charge in [0.2, 0.25) is 5.78 Å². The first-order chi connectivity index (χ1) is 6.75. The Balaban J connectivity index is 2.09. The Morgan fingerprint density at radius 3 is 3.07 bits per heavy atom. The number of ketones is 1. The van der Waals surface area contributed by atoms with E-state index in [1.807, 2.05) is 0 Å². The quantitative estimate of drug-likeness (QED) is 0.789. The van der Waals surface area contributed by atoms with Crippen LogP contribution in [0.3, 0.4) is 0 Å². The van der Waals surface area contributed by atoms with Crippen molar-refractivity contribution in [3.63, 3.8) is 0 Å². The molecule has 0 atom stereocenters. The lowest BCUT2D eigenvalue weighted by Gasteiger charge is -1.96. The average molecular weight is 255 g/mol. The molecule has 0 amide bonds. The molecule has 5 heteroatoms. The summed E-state index contributed by atoms with van der Waals surface area (Å²) in [5.74, 6) is 0.266. The highest BCUT2D eigenvalue weighted by atomic mass is 79.9. The van der Waals surface area contributed by atoms with Crippen molar-refractivity contribution >= 4 is 21.7 Å². The van der Waals surface area contributed by atoms with Gasteiger partial charge in [0.1, 0.15) is 6.54 Å². The molecule has 4 nitrogen and oxygen atoms in total. The highest BCUT2D eigenvalue weighted by Gasteiger charge is 2.09. The van der Waals surface area contributed by atoms with Gasteiger partial charge in [0.25, 0.3) is 0 Å². The minimum Gasteiger partial charge on any atom is -0.461 e. The second-order valence-electron chi connectivity index (χ2n) is 2.76. The molecule has 72 valence electrons. The summed E-state index contributed by atoms with van der Waals surface area (Å²) in [7, 11) is 0. The molecule has 0 aliphatic heterocycles. The zero-order valence-corrected chi connectivity index (χ0v) is 8.77. The number of Topliss-reactive ketones (excluding diaryl/α,β-unsaturated/α-hetero) is 1. The third-order valence-electron chi connectivity index (χ3n) is 1.70. The van der Waals surface area contributed by atoms with Gasteiger partial charge >= 0.3 is 0 Å². The van der Waals surface area contributed by atoms with Crippen LogP contribution >= 0.6 is 15.9 Å². The van der Waals surface area contributed by atoms with E-state index in [-0.39, 0.29) is 12.3 Å². The second-order valence-corrected chi connectivity index (χ2v) is 3.67. The molecule has 0 saturated heterocycles. The third kappa shape index (κ3) is 1.93. The van der Waals surface area contributed by atoms with Crippen LogP contribution in [0.5, 0.6) is 0 Å². The summed E-state index contributed by atoms with van der Waals surface area (Å²) in [5, 5.41) is 3.97. The van der Waals surface area contributed by atoms with E-state index in [1.54, 1.807) is 29.2 Å². The predicted octanol–water partition coefficient (Wildman–Crippen LogP) is 2.12. The van der Waals surface area contributed by atoms with Crippen LogP contribution in [0.4, 0.5) is 0 Å². The first-order valence-corrected chi connectivity index (χ1v) is 4.79. The Labute approximate surface area is 88.6 Å². The fraction of sp³-hybridized carbons (Fsp3) is 0.111. The molecular formula is C9H7BrN2O2. The SMILES string of the molecule is O=C(Cn1cc(Br)cn1)c1ccco1. The summed E-state index contributed by atoms with van der Waals surface area (Å²) >= 11 is 3.25. The maximum atomic E-state index is 11.5. The van der Waals surface area contributed by atoms with E-state index in [1.165, 1.54) is 6.26 Å².